The molecule has 1 amide bonds. The zero-order chi connectivity index (χ0) is 14.1. The van der Waals surface area contributed by atoms with Gasteiger partial charge in [0.05, 0.1) is 5.54 Å². The molecule has 3 N–H and O–H groups in total. The maximum absolute atomic E-state index is 11.3. The molecule has 0 radical (unpaired) electrons. The van der Waals surface area contributed by atoms with Crippen molar-refractivity contribution in [2.24, 2.45) is 11.7 Å². The molecule has 0 aromatic rings. The van der Waals surface area contributed by atoms with Gasteiger partial charge in [-0.25, -0.2) is 0 Å². The van der Waals surface area contributed by atoms with Crippen LogP contribution in [0.25, 0.3) is 0 Å². The lowest BCUT2D eigenvalue weighted by Crippen LogP contribution is -2.51. The molecular formula is C15H30N2O2. The van der Waals surface area contributed by atoms with E-state index in [9.17, 15) is 4.79 Å². The van der Waals surface area contributed by atoms with E-state index in [2.05, 4.69) is 5.32 Å². The first-order chi connectivity index (χ1) is 9.08. The van der Waals surface area contributed by atoms with Crippen molar-refractivity contribution in [3.63, 3.8) is 0 Å². The summed E-state index contributed by atoms with van der Waals surface area (Å²) in [6.45, 7) is 3.45. The van der Waals surface area contributed by atoms with Gasteiger partial charge in [0, 0.05) is 13.2 Å². The lowest BCUT2D eigenvalue weighted by molar-refractivity contribution is -0.124. The van der Waals surface area contributed by atoms with Crippen molar-refractivity contribution >= 4 is 5.91 Å². The van der Waals surface area contributed by atoms with E-state index in [1.807, 2.05) is 6.92 Å². The minimum absolute atomic E-state index is 0.293. The molecule has 4 heteroatoms. The zero-order valence-electron chi connectivity index (χ0n) is 12.5. The van der Waals surface area contributed by atoms with Crippen molar-refractivity contribution in [1.82, 2.24) is 5.32 Å². The predicted molar refractivity (Wildman–Crippen MR) is 77.9 cm³/mol. The molecule has 0 aliphatic heterocycles. The number of carbonyl (C=O) groups is 1. The number of hydrogen-bond donors (Lipinski definition) is 2. The van der Waals surface area contributed by atoms with Crippen molar-refractivity contribution in [3.8, 4) is 0 Å². The monoisotopic (exact) mass is 270 g/mol. The van der Waals surface area contributed by atoms with Gasteiger partial charge in [0.15, 0.2) is 0 Å². The summed E-state index contributed by atoms with van der Waals surface area (Å²) >= 11 is 0. The quantitative estimate of drug-likeness (QED) is 0.525. The topological polar surface area (TPSA) is 64.3 Å². The second-order valence-electron chi connectivity index (χ2n) is 5.98. The van der Waals surface area contributed by atoms with E-state index >= 15 is 0 Å². The first-order valence-electron chi connectivity index (χ1n) is 7.65. The van der Waals surface area contributed by atoms with Crippen LogP contribution in [0.4, 0.5) is 0 Å². The molecule has 0 aromatic heterocycles. The Hall–Kier alpha value is -0.610. The number of primary amides is 1. The average molecular weight is 270 g/mol. The molecule has 1 aliphatic carbocycles. The Morgan fingerprint density at radius 1 is 1.32 bits per heavy atom. The van der Waals surface area contributed by atoms with Crippen LogP contribution in [0.5, 0.6) is 0 Å². The molecule has 1 atom stereocenters. The van der Waals surface area contributed by atoms with Gasteiger partial charge in [-0.15, -0.1) is 0 Å². The van der Waals surface area contributed by atoms with Gasteiger partial charge in [-0.1, -0.05) is 25.7 Å². The summed E-state index contributed by atoms with van der Waals surface area (Å²) in [6, 6.07) is 0. The molecule has 0 spiro atoms. The molecule has 1 aliphatic rings. The molecule has 0 bridgehead atoms. The number of ether oxygens (including phenoxy) is 1. The molecule has 1 saturated carbocycles. The van der Waals surface area contributed by atoms with E-state index in [4.69, 9.17) is 10.5 Å². The predicted octanol–water partition coefficient (Wildman–Crippen LogP) is 2.22. The van der Waals surface area contributed by atoms with Gasteiger partial charge in [0.25, 0.3) is 0 Å². The van der Waals surface area contributed by atoms with Crippen LogP contribution >= 0.6 is 0 Å². The molecule has 1 unspecified atom stereocenters. The van der Waals surface area contributed by atoms with Crippen LogP contribution in [0.15, 0.2) is 0 Å². The fourth-order valence-electron chi connectivity index (χ4n) is 2.68. The summed E-state index contributed by atoms with van der Waals surface area (Å²) in [5.41, 5.74) is 4.78. The highest BCUT2D eigenvalue weighted by atomic mass is 16.5. The Morgan fingerprint density at radius 2 is 1.95 bits per heavy atom. The molecule has 19 heavy (non-hydrogen) atoms. The number of carbonyl (C=O) groups excluding carboxylic acids is 1. The van der Waals surface area contributed by atoms with Crippen LogP contribution in [0.2, 0.25) is 0 Å². The van der Waals surface area contributed by atoms with Gasteiger partial charge in [0.1, 0.15) is 0 Å². The van der Waals surface area contributed by atoms with Gasteiger partial charge in [-0.2, -0.15) is 0 Å². The first kappa shape index (κ1) is 16.4. The largest absolute Gasteiger partial charge is 0.381 e. The van der Waals surface area contributed by atoms with Crippen molar-refractivity contribution in [1.29, 1.82) is 0 Å². The molecule has 112 valence electrons. The van der Waals surface area contributed by atoms with Crippen LogP contribution < -0.4 is 11.1 Å². The number of rotatable bonds is 8. The van der Waals surface area contributed by atoms with Crippen molar-refractivity contribution in [2.45, 2.75) is 63.8 Å². The average Bonchev–Trinajstić information content (AvgIpc) is 2.66. The van der Waals surface area contributed by atoms with E-state index in [0.717, 1.165) is 32.0 Å². The third kappa shape index (κ3) is 5.91. The van der Waals surface area contributed by atoms with Crippen molar-refractivity contribution in [3.05, 3.63) is 0 Å². The summed E-state index contributed by atoms with van der Waals surface area (Å²) in [5, 5.41) is 3.00. The highest BCUT2D eigenvalue weighted by Crippen LogP contribution is 2.23. The number of nitrogens with one attached hydrogen (secondary N) is 1. The van der Waals surface area contributed by atoms with E-state index in [-0.39, 0.29) is 5.91 Å². The lowest BCUT2D eigenvalue weighted by Gasteiger charge is -2.25. The Morgan fingerprint density at radius 3 is 2.47 bits per heavy atom. The first-order valence-corrected chi connectivity index (χ1v) is 7.65. The molecule has 0 heterocycles. The fraction of sp³-hybridized carbons (Fsp3) is 0.933. The summed E-state index contributed by atoms with van der Waals surface area (Å²) in [6.07, 6.45) is 9.70. The third-order valence-corrected chi connectivity index (χ3v) is 4.39. The molecule has 4 nitrogen and oxygen atoms in total. The number of amides is 1. The number of hydrogen-bond acceptors (Lipinski definition) is 3. The Bertz CT molecular complexity index is 263. The van der Waals surface area contributed by atoms with Gasteiger partial charge in [-0.3, -0.25) is 4.79 Å². The van der Waals surface area contributed by atoms with Gasteiger partial charge in [0.2, 0.25) is 5.91 Å². The summed E-state index contributed by atoms with van der Waals surface area (Å²) in [4.78, 5) is 11.3. The van der Waals surface area contributed by atoms with E-state index in [1.54, 1.807) is 7.05 Å². The van der Waals surface area contributed by atoms with Gasteiger partial charge >= 0.3 is 0 Å². The second kappa shape index (κ2) is 8.54. The van der Waals surface area contributed by atoms with Gasteiger partial charge in [-0.05, 0) is 45.6 Å². The van der Waals surface area contributed by atoms with E-state index in [1.165, 1.54) is 38.5 Å². The van der Waals surface area contributed by atoms with Crippen LogP contribution in [-0.2, 0) is 9.53 Å². The summed E-state index contributed by atoms with van der Waals surface area (Å²) in [5.74, 6) is 0.452. The normalized spacial score (nSPS) is 20.7. The Labute approximate surface area is 117 Å². The van der Waals surface area contributed by atoms with Gasteiger partial charge < -0.3 is 15.8 Å². The SMILES string of the molecule is CNC(C)(CCCOCC1CCCCCC1)C(N)=O. The molecule has 0 aromatic carbocycles. The lowest BCUT2D eigenvalue weighted by atomic mass is 9.95. The van der Waals surface area contributed by atoms with Crippen molar-refractivity contribution < 1.29 is 9.53 Å². The van der Waals surface area contributed by atoms with Crippen LogP contribution in [-0.4, -0.2) is 31.7 Å². The highest BCUT2D eigenvalue weighted by molar-refractivity contribution is 5.84. The second-order valence-corrected chi connectivity index (χ2v) is 5.98. The van der Waals surface area contributed by atoms with Crippen LogP contribution in [0, 0.1) is 5.92 Å². The molecular weight excluding hydrogens is 240 g/mol. The smallest absolute Gasteiger partial charge is 0.237 e. The minimum atomic E-state index is -0.605. The van der Waals surface area contributed by atoms with Crippen LogP contribution in [0.3, 0.4) is 0 Å². The van der Waals surface area contributed by atoms with Crippen molar-refractivity contribution in [2.75, 3.05) is 20.3 Å². The zero-order valence-corrected chi connectivity index (χ0v) is 12.5. The maximum Gasteiger partial charge on any atom is 0.237 e. The van der Waals surface area contributed by atoms with E-state index in [0.29, 0.717) is 0 Å². The number of likely N-dealkylation sites (N-methyl/N-ethyl adjacent to an activating group) is 1. The van der Waals surface area contributed by atoms with Crippen LogP contribution in [0.1, 0.15) is 58.3 Å². The minimum Gasteiger partial charge on any atom is -0.381 e. The Balaban J connectivity index is 2.11. The maximum atomic E-state index is 11.3. The number of nitrogens with two attached hydrogens (primary N) is 1. The molecule has 0 saturated heterocycles. The third-order valence-electron chi connectivity index (χ3n) is 4.39. The van der Waals surface area contributed by atoms with E-state index < -0.39 is 5.54 Å². The summed E-state index contributed by atoms with van der Waals surface area (Å²) < 4.78 is 5.77. The molecule has 1 fully saturated rings. The standard InChI is InChI=1S/C15H30N2O2/c1-15(17-2,14(16)18)10-7-11-19-12-13-8-5-3-4-6-9-13/h13,17H,3-12H2,1-2H3,(H2,16,18). The molecule has 1 rings (SSSR count). The fourth-order valence-corrected chi connectivity index (χ4v) is 2.68. The highest BCUT2D eigenvalue weighted by Gasteiger charge is 2.28. The summed E-state index contributed by atoms with van der Waals surface area (Å²) in [7, 11) is 1.77. The Kier molecular flexibility index (Phi) is 7.39.